The van der Waals surface area contributed by atoms with Crippen LogP contribution >= 0.6 is 24.8 Å². The second-order valence-corrected chi connectivity index (χ2v) is 9.09. The molecule has 1 saturated heterocycles. The van der Waals surface area contributed by atoms with Crippen LogP contribution in [0.2, 0.25) is 0 Å². The van der Waals surface area contributed by atoms with Crippen LogP contribution in [-0.4, -0.2) is 61.6 Å². The monoisotopic (exact) mass is 540 g/mol. The van der Waals surface area contributed by atoms with Crippen LogP contribution < -0.4 is 4.74 Å². The molecule has 5 nitrogen and oxygen atoms in total. The van der Waals surface area contributed by atoms with Gasteiger partial charge < -0.3 is 14.4 Å². The third-order valence-electron chi connectivity index (χ3n) is 6.72. The number of piperazine rings is 1. The minimum absolute atomic E-state index is 0. The van der Waals surface area contributed by atoms with Gasteiger partial charge in [-0.1, -0.05) is 78.9 Å². The first-order valence-electron chi connectivity index (χ1n) is 12.5. The lowest BCUT2D eigenvalue weighted by atomic mass is 9.88. The second kappa shape index (κ2) is 14.2. The Morgan fingerprint density at radius 2 is 1.38 bits per heavy atom. The van der Waals surface area contributed by atoms with E-state index >= 15 is 0 Å². The molecule has 5 rings (SSSR count). The summed E-state index contributed by atoms with van der Waals surface area (Å²) < 4.78 is 11.8. The van der Waals surface area contributed by atoms with Crippen LogP contribution in [0, 0.1) is 0 Å². The van der Waals surface area contributed by atoms with Crippen molar-refractivity contribution in [2.75, 3.05) is 45.9 Å². The summed E-state index contributed by atoms with van der Waals surface area (Å²) in [5.74, 6) is 0.807. The third kappa shape index (κ3) is 7.36. The van der Waals surface area contributed by atoms with Gasteiger partial charge in [0.1, 0.15) is 17.4 Å². The van der Waals surface area contributed by atoms with Crippen LogP contribution in [0.4, 0.5) is 0 Å². The van der Waals surface area contributed by atoms with E-state index in [9.17, 15) is 4.79 Å². The molecular weight excluding hydrogens is 507 g/mol. The first-order valence-corrected chi connectivity index (χ1v) is 12.5. The number of esters is 1. The van der Waals surface area contributed by atoms with Gasteiger partial charge in [-0.25, -0.2) is 0 Å². The normalized spacial score (nSPS) is 15.6. The summed E-state index contributed by atoms with van der Waals surface area (Å²) in [4.78, 5) is 18.1. The number of hydrogen-bond acceptors (Lipinski definition) is 5. The van der Waals surface area contributed by atoms with Crippen molar-refractivity contribution < 1.29 is 14.3 Å². The quantitative estimate of drug-likeness (QED) is 0.257. The maximum absolute atomic E-state index is 13.1. The Labute approximate surface area is 231 Å². The van der Waals surface area contributed by atoms with Crippen molar-refractivity contribution in [3.63, 3.8) is 0 Å². The highest BCUT2D eigenvalue weighted by molar-refractivity contribution is 5.86. The van der Waals surface area contributed by atoms with Gasteiger partial charge in [-0.15, -0.1) is 24.8 Å². The van der Waals surface area contributed by atoms with Gasteiger partial charge in [0.2, 0.25) is 0 Å². The van der Waals surface area contributed by atoms with Crippen molar-refractivity contribution in [3.8, 4) is 11.5 Å². The lowest BCUT2D eigenvalue weighted by Gasteiger charge is -2.34. The lowest BCUT2D eigenvalue weighted by Crippen LogP contribution is -2.46. The average Bonchev–Trinajstić information content (AvgIpc) is 2.91. The zero-order valence-corrected chi connectivity index (χ0v) is 22.5. The number of carbonyl (C=O) groups excluding carboxylic acids is 1. The standard InChI is InChI=1S/C30H32N2O3.2ClH/c33-30(29-25-13-4-6-15-27(25)35-28-16-7-5-14-26(28)29)34-23-9-18-32-21-19-31(20-22-32)17-8-12-24-10-2-1-3-11-24;;/h1-8,10-16,29H,9,17-23H2;2*1H/b12-8+;;. The summed E-state index contributed by atoms with van der Waals surface area (Å²) in [5.41, 5.74) is 2.98. The highest BCUT2D eigenvalue weighted by atomic mass is 35.5. The Bertz CT molecular complexity index is 1120. The van der Waals surface area contributed by atoms with E-state index in [0.717, 1.165) is 68.3 Å². The Balaban J connectivity index is 0.00000190. The van der Waals surface area contributed by atoms with E-state index in [0.29, 0.717) is 6.61 Å². The molecule has 0 spiro atoms. The van der Waals surface area contributed by atoms with Crippen molar-refractivity contribution in [3.05, 3.63) is 102 Å². The number of rotatable bonds is 8. The molecule has 0 N–H and O–H groups in total. The van der Waals surface area contributed by atoms with Crippen LogP contribution in [0.25, 0.3) is 6.08 Å². The number of halogens is 2. The smallest absolute Gasteiger partial charge is 0.318 e. The van der Waals surface area contributed by atoms with Crippen molar-refractivity contribution in [2.45, 2.75) is 12.3 Å². The lowest BCUT2D eigenvalue weighted by molar-refractivity contribution is -0.144. The van der Waals surface area contributed by atoms with Crippen molar-refractivity contribution >= 4 is 36.9 Å². The van der Waals surface area contributed by atoms with Gasteiger partial charge in [0.15, 0.2) is 0 Å². The van der Waals surface area contributed by atoms with Crippen LogP contribution in [-0.2, 0) is 9.53 Å². The molecule has 1 fully saturated rings. The number of nitrogens with zero attached hydrogens (tertiary/aromatic N) is 2. The number of ether oxygens (including phenoxy) is 2. The predicted molar refractivity (Wildman–Crippen MR) is 153 cm³/mol. The van der Waals surface area contributed by atoms with E-state index in [2.05, 4.69) is 46.2 Å². The molecule has 0 radical (unpaired) electrons. The Morgan fingerprint density at radius 1 is 0.811 bits per heavy atom. The highest BCUT2D eigenvalue weighted by Crippen LogP contribution is 2.44. The minimum atomic E-state index is -0.441. The fourth-order valence-electron chi connectivity index (χ4n) is 4.81. The summed E-state index contributed by atoms with van der Waals surface area (Å²) in [6.07, 6.45) is 5.28. The van der Waals surface area contributed by atoms with Gasteiger partial charge in [-0.3, -0.25) is 9.69 Å². The van der Waals surface area contributed by atoms with Crippen molar-refractivity contribution in [2.24, 2.45) is 0 Å². The fraction of sp³-hybridized carbons (Fsp3) is 0.300. The number of fused-ring (bicyclic) bond motifs is 2. The minimum Gasteiger partial charge on any atom is -0.465 e. The summed E-state index contributed by atoms with van der Waals surface area (Å²) >= 11 is 0. The molecule has 196 valence electrons. The molecule has 7 heteroatoms. The van der Waals surface area contributed by atoms with Crippen LogP contribution in [0.5, 0.6) is 11.5 Å². The number of para-hydroxylation sites is 2. The van der Waals surface area contributed by atoms with Crippen LogP contribution in [0.15, 0.2) is 84.9 Å². The van der Waals surface area contributed by atoms with Gasteiger partial charge in [0.25, 0.3) is 0 Å². The van der Waals surface area contributed by atoms with E-state index in [1.165, 1.54) is 5.56 Å². The topological polar surface area (TPSA) is 42.0 Å². The van der Waals surface area contributed by atoms with Crippen LogP contribution in [0.3, 0.4) is 0 Å². The van der Waals surface area contributed by atoms with E-state index in [-0.39, 0.29) is 30.8 Å². The van der Waals surface area contributed by atoms with E-state index in [1.807, 2.05) is 54.6 Å². The van der Waals surface area contributed by atoms with Gasteiger partial charge >= 0.3 is 5.97 Å². The van der Waals surface area contributed by atoms with Gasteiger partial charge in [0.05, 0.1) is 6.61 Å². The molecule has 0 bridgehead atoms. The van der Waals surface area contributed by atoms with Crippen molar-refractivity contribution in [1.29, 1.82) is 0 Å². The largest absolute Gasteiger partial charge is 0.465 e. The Hall–Kier alpha value is -2.83. The zero-order chi connectivity index (χ0) is 23.9. The summed E-state index contributed by atoms with van der Waals surface area (Å²) in [6, 6.07) is 25.9. The van der Waals surface area contributed by atoms with Crippen LogP contribution in [0.1, 0.15) is 29.0 Å². The summed E-state index contributed by atoms with van der Waals surface area (Å²) in [5, 5.41) is 0. The molecule has 37 heavy (non-hydrogen) atoms. The molecular formula is C30H34Cl2N2O3. The molecule has 3 aromatic carbocycles. The maximum Gasteiger partial charge on any atom is 0.318 e. The highest BCUT2D eigenvalue weighted by Gasteiger charge is 2.33. The fourth-order valence-corrected chi connectivity index (χ4v) is 4.81. The predicted octanol–water partition coefficient (Wildman–Crippen LogP) is 6.03. The van der Waals surface area contributed by atoms with Gasteiger partial charge in [-0.2, -0.15) is 0 Å². The maximum atomic E-state index is 13.1. The van der Waals surface area contributed by atoms with Gasteiger partial charge in [0, 0.05) is 50.4 Å². The zero-order valence-electron chi connectivity index (χ0n) is 20.8. The molecule has 0 atom stereocenters. The van der Waals surface area contributed by atoms with Gasteiger partial charge in [-0.05, 0) is 24.1 Å². The van der Waals surface area contributed by atoms with E-state index < -0.39 is 5.92 Å². The summed E-state index contributed by atoms with van der Waals surface area (Å²) in [6.45, 7) is 6.58. The van der Waals surface area contributed by atoms with E-state index in [4.69, 9.17) is 9.47 Å². The number of hydrogen-bond donors (Lipinski definition) is 0. The molecule has 0 unspecified atom stereocenters. The second-order valence-electron chi connectivity index (χ2n) is 9.09. The Kier molecular flexibility index (Phi) is 11.0. The molecule has 0 amide bonds. The van der Waals surface area contributed by atoms with E-state index in [1.54, 1.807) is 0 Å². The molecule has 2 aliphatic rings. The Morgan fingerprint density at radius 3 is 2.03 bits per heavy atom. The average molecular weight is 542 g/mol. The molecule has 2 heterocycles. The SMILES string of the molecule is Cl.Cl.O=C(OCCCN1CCN(C/C=C/c2ccccc2)CC1)C1c2ccccc2Oc2ccccc21. The number of benzene rings is 3. The third-order valence-corrected chi connectivity index (χ3v) is 6.72. The molecule has 2 aliphatic heterocycles. The molecule has 0 saturated carbocycles. The molecule has 0 aromatic heterocycles. The first-order chi connectivity index (χ1) is 17.3. The number of carbonyl (C=O) groups is 1. The first kappa shape index (κ1) is 28.7. The summed E-state index contributed by atoms with van der Waals surface area (Å²) in [7, 11) is 0. The molecule has 3 aromatic rings. The van der Waals surface area contributed by atoms with Crippen molar-refractivity contribution in [1.82, 2.24) is 9.80 Å². The molecule has 0 aliphatic carbocycles.